The zero-order valence-corrected chi connectivity index (χ0v) is 10.1. The lowest BCUT2D eigenvalue weighted by Crippen LogP contribution is -2.05. The standard InChI is InChI=1S/C13H10ClNO3/c14-10-5-1-2-7-12(10)18-8-9-4-3-6-11(15-9)13(16)17/h1-7H,8H2,(H,16,17). The van der Waals surface area contributed by atoms with Crippen LogP contribution >= 0.6 is 11.6 Å². The number of halogens is 1. The van der Waals surface area contributed by atoms with Gasteiger partial charge in [-0.25, -0.2) is 9.78 Å². The average molecular weight is 264 g/mol. The number of hydrogen-bond donors (Lipinski definition) is 1. The number of para-hydroxylation sites is 1. The van der Waals surface area contributed by atoms with Crippen LogP contribution in [0.25, 0.3) is 0 Å². The van der Waals surface area contributed by atoms with Crippen molar-refractivity contribution in [3.63, 3.8) is 0 Å². The van der Waals surface area contributed by atoms with Crippen molar-refractivity contribution in [2.75, 3.05) is 0 Å². The molecule has 0 fully saturated rings. The van der Waals surface area contributed by atoms with Gasteiger partial charge >= 0.3 is 5.97 Å². The van der Waals surface area contributed by atoms with E-state index in [0.717, 1.165) is 0 Å². The molecule has 0 saturated carbocycles. The van der Waals surface area contributed by atoms with Crippen LogP contribution < -0.4 is 4.74 Å². The number of carboxylic acid groups (broad SMARTS) is 1. The summed E-state index contributed by atoms with van der Waals surface area (Å²) >= 11 is 5.93. The van der Waals surface area contributed by atoms with Gasteiger partial charge in [0, 0.05) is 0 Å². The highest BCUT2D eigenvalue weighted by atomic mass is 35.5. The SMILES string of the molecule is O=C(O)c1cccc(COc2ccccc2Cl)n1. The summed E-state index contributed by atoms with van der Waals surface area (Å²) in [7, 11) is 0. The summed E-state index contributed by atoms with van der Waals surface area (Å²) in [4.78, 5) is 14.7. The quantitative estimate of drug-likeness (QED) is 0.921. The van der Waals surface area contributed by atoms with E-state index in [1.807, 2.05) is 6.07 Å². The minimum atomic E-state index is -1.06. The van der Waals surface area contributed by atoms with Gasteiger partial charge in [-0.1, -0.05) is 29.8 Å². The first-order valence-electron chi connectivity index (χ1n) is 5.23. The van der Waals surface area contributed by atoms with E-state index in [0.29, 0.717) is 16.5 Å². The summed E-state index contributed by atoms with van der Waals surface area (Å²) in [5, 5.41) is 9.32. The fourth-order valence-electron chi connectivity index (χ4n) is 1.39. The highest BCUT2D eigenvalue weighted by molar-refractivity contribution is 6.32. The molecule has 0 spiro atoms. The molecule has 0 aliphatic carbocycles. The third-order valence-electron chi connectivity index (χ3n) is 2.24. The highest BCUT2D eigenvalue weighted by Crippen LogP contribution is 2.23. The number of benzene rings is 1. The van der Waals surface area contributed by atoms with Crippen LogP contribution in [0.2, 0.25) is 5.02 Å². The second-order valence-electron chi connectivity index (χ2n) is 3.54. The summed E-state index contributed by atoms with van der Waals surface area (Å²) in [6.45, 7) is 0.171. The van der Waals surface area contributed by atoms with Crippen molar-refractivity contribution < 1.29 is 14.6 Å². The van der Waals surface area contributed by atoms with Gasteiger partial charge in [0.05, 0.1) is 10.7 Å². The molecule has 0 aliphatic rings. The summed E-state index contributed by atoms with van der Waals surface area (Å²) < 4.78 is 5.47. The maximum absolute atomic E-state index is 10.8. The molecule has 0 bridgehead atoms. The Morgan fingerprint density at radius 1 is 1.22 bits per heavy atom. The number of carboxylic acids is 1. The zero-order chi connectivity index (χ0) is 13.0. The van der Waals surface area contributed by atoms with Gasteiger partial charge in [0.1, 0.15) is 18.1 Å². The molecule has 2 rings (SSSR count). The monoisotopic (exact) mass is 263 g/mol. The predicted molar refractivity (Wildman–Crippen MR) is 67.0 cm³/mol. The largest absolute Gasteiger partial charge is 0.486 e. The molecule has 18 heavy (non-hydrogen) atoms. The maximum atomic E-state index is 10.8. The van der Waals surface area contributed by atoms with E-state index in [-0.39, 0.29) is 12.3 Å². The van der Waals surface area contributed by atoms with Gasteiger partial charge < -0.3 is 9.84 Å². The Morgan fingerprint density at radius 2 is 2.00 bits per heavy atom. The molecule has 0 atom stereocenters. The van der Waals surface area contributed by atoms with Crippen molar-refractivity contribution in [3.05, 3.63) is 58.9 Å². The third-order valence-corrected chi connectivity index (χ3v) is 2.55. The van der Waals surface area contributed by atoms with Crippen LogP contribution in [0.5, 0.6) is 5.75 Å². The van der Waals surface area contributed by atoms with Crippen LogP contribution in [0.15, 0.2) is 42.5 Å². The Hall–Kier alpha value is -2.07. The normalized spacial score (nSPS) is 10.1. The summed E-state index contributed by atoms with van der Waals surface area (Å²) in [6, 6.07) is 11.8. The van der Waals surface area contributed by atoms with Crippen molar-refractivity contribution in [1.29, 1.82) is 0 Å². The number of carbonyl (C=O) groups is 1. The molecule has 5 heteroatoms. The van der Waals surface area contributed by atoms with Crippen molar-refractivity contribution >= 4 is 17.6 Å². The van der Waals surface area contributed by atoms with Crippen LogP contribution in [0.1, 0.15) is 16.2 Å². The lowest BCUT2D eigenvalue weighted by molar-refractivity contribution is 0.0690. The molecule has 0 unspecified atom stereocenters. The van der Waals surface area contributed by atoms with Crippen LogP contribution in [0.4, 0.5) is 0 Å². The Kier molecular flexibility index (Phi) is 3.79. The third kappa shape index (κ3) is 2.99. The number of rotatable bonds is 4. The second-order valence-corrected chi connectivity index (χ2v) is 3.95. The molecule has 0 amide bonds. The number of hydrogen-bond acceptors (Lipinski definition) is 3. The summed E-state index contributed by atoms with van der Waals surface area (Å²) in [5.41, 5.74) is 0.532. The fourth-order valence-corrected chi connectivity index (χ4v) is 1.58. The first-order chi connectivity index (χ1) is 8.66. The van der Waals surface area contributed by atoms with Crippen LogP contribution in [-0.2, 0) is 6.61 Å². The molecule has 1 heterocycles. The van der Waals surface area contributed by atoms with Gasteiger partial charge in [-0.3, -0.25) is 0 Å². The van der Waals surface area contributed by atoms with Gasteiger partial charge in [0.15, 0.2) is 0 Å². The Labute approximate surface area is 109 Å². The highest BCUT2D eigenvalue weighted by Gasteiger charge is 2.06. The van der Waals surface area contributed by atoms with Crippen molar-refractivity contribution in [3.8, 4) is 5.75 Å². The Balaban J connectivity index is 2.09. The van der Waals surface area contributed by atoms with Crippen LogP contribution in [-0.4, -0.2) is 16.1 Å². The van der Waals surface area contributed by atoms with E-state index in [9.17, 15) is 4.79 Å². The Bertz CT molecular complexity index is 572. The number of ether oxygens (including phenoxy) is 1. The molecule has 1 aromatic heterocycles. The molecule has 1 N–H and O–H groups in total. The minimum absolute atomic E-state index is 0.00439. The minimum Gasteiger partial charge on any atom is -0.486 e. The maximum Gasteiger partial charge on any atom is 0.354 e. The molecule has 92 valence electrons. The average Bonchev–Trinajstić information content (AvgIpc) is 2.38. The van der Waals surface area contributed by atoms with Crippen LogP contribution in [0, 0.1) is 0 Å². The lowest BCUT2D eigenvalue weighted by atomic mass is 10.3. The number of pyridine rings is 1. The number of aromatic nitrogens is 1. The van der Waals surface area contributed by atoms with E-state index in [2.05, 4.69) is 4.98 Å². The molecular weight excluding hydrogens is 254 g/mol. The summed E-state index contributed by atoms with van der Waals surface area (Å²) in [6.07, 6.45) is 0. The van der Waals surface area contributed by atoms with Gasteiger partial charge in [-0.05, 0) is 24.3 Å². The van der Waals surface area contributed by atoms with Crippen molar-refractivity contribution in [2.24, 2.45) is 0 Å². The molecule has 4 nitrogen and oxygen atoms in total. The number of nitrogens with zero attached hydrogens (tertiary/aromatic N) is 1. The van der Waals surface area contributed by atoms with E-state index in [1.54, 1.807) is 30.3 Å². The molecule has 2 aromatic rings. The second kappa shape index (κ2) is 5.51. The lowest BCUT2D eigenvalue weighted by Gasteiger charge is -2.07. The van der Waals surface area contributed by atoms with E-state index in [4.69, 9.17) is 21.4 Å². The van der Waals surface area contributed by atoms with Crippen molar-refractivity contribution in [1.82, 2.24) is 4.98 Å². The molecule has 0 radical (unpaired) electrons. The Morgan fingerprint density at radius 3 is 2.72 bits per heavy atom. The first kappa shape index (κ1) is 12.4. The van der Waals surface area contributed by atoms with Gasteiger partial charge in [0.25, 0.3) is 0 Å². The van der Waals surface area contributed by atoms with E-state index in [1.165, 1.54) is 6.07 Å². The molecule has 0 saturated heterocycles. The van der Waals surface area contributed by atoms with Gasteiger partial charge in [-0.2, -0.15) is 0 Å². The molecule has 0 aliphatic heterocycles. The fraction of sp³-hybridized carbons (Fsp3) is 0.0769. The molecular formula is C13H10ClNO3. The molecule has 1 aromatic carbocycles. The zero-order valence-electron chi connectivity index (χ0n) is 9.34. The van der Waals surface area contributed by atoms with Crippen molar-refractivity contribution in [2.45, 2.75) is 6.61 Å². The van der Waals surface area contributed by atoms with Gasteiger partial charge in [0.2, 0.25) is 0 Å². The van der Waals surface area contributed by atoms with E-state index >= 15 is 0 Å². The number of aromatic carboxylic acids is 1. The van der Waals surface area contributed by atoms with E-state index < -0.39 is 5.97 Å². The topological polar surface area (TPSA) is 59.4 Å². The smallest absolute Gasteiger partial charge is 0.354 e. The van der Waals surface area contributed by atoms with Crippen LogP contribution in [0.3, 0.4) is 0 Å². The predicted octanol–water partition coefficient (Wildman–Crippen LogP) is 3.01. The summed E-state index contributed by atoms with van der Waals surface area (Å²) in [5.74, 6) is -0.517. The first-order valence-corrected chi connectivity index (χ1v) is 5.61. The van der Waals surface area contributed by atoms with Gasteiger partial charge in [-0.15, -0.1) is 0 Å².